The molecule has 176 valence electrons. The van der Waals surface area contributed by atoms with E-state index in [1.807, 2.05) is 49.5 Å². The zero-order chi connectivity index (χ0) is 23.3. The number of halogens is 1. The summed E-state index contributed by atoms with van der Waals surface area (Å²) in [7, 11) is 0. The largest absolute Gasteiger partial charge is 0.368 e. The van der Waals surface area contributed by atoms with Gasteiger partial charge in [0.2, 0.25) is 0 Å². The Morgan fingerprint density at radius 2 is 1.85 bits per heavy atom. The molecule has 3 fully saturated rings. The molecule has 0 spiro atoms. The van der Waals surface area contributed by atoms with Gasteiger partial charge >= 0.3 is 0 Å². The molecule has 6 heteroatoms. The lowest BCUT2D eigenvalue weighted by molar-refractivity contribution is 0.0930. The van der Waals surface area contributed by atoms with Gasteiger partial charge in [-0.25, -0.2) is 4.39 Å². The highest BCUT2D eigenvalue weighted by molar-refractivity contribution is 5.98. The number of hydrogen-bond donors (Lipinski definition) is 1. The molecule has 1 N–H and O–H groups in total. The first-order chi connectivity index (χ1) is 16.5. The second kappa shape index (κ2) is 8.35. The van der Waals surface area contributed by atoms with Gasteiger partial charge < -0.3 is 10.2 Å². The molecule has 0 unspecified atom stereocenters. The summed E-state index contributed by atoms with van der Waals surface area (Å²) >= 11 is 0. The van der Waals surface area contributed by atoms with Crippen LogP contribution >= 0.6 is 0 Å². The highest BCUT2D eigenvalue weighted by Gasteiger charge is 2.47. The molecule has 1 amide bonds. The molecule has 5 nitrogen and oxygen atoms in total. The zero-order valence-corrected chi connectivity index (χ0v) is 19.6. The monoisotopic (exact) mass is 458 g/mol. The minimum atomic E-state index is -0.634. The van der Waals surface area contributed by atoms with Gasteiger partial charge in [0.1, 0.15) is 6.17 Å². The van der Waals surface area contributed by atoms with E-state index in [0.29, 0.717) is 18.9 Å². The van der Waals surface area contributed by atoms with Crippen LogP contribution in [-0.4, -0.2) is 54.2 Å². The summed E-state index contributed by atoms with van der Waals surface area (Å²) in [5, 5.41) is 4.48. The third-order valence-corrected chi connectivity index (χ3v) is 7.94. The van der Waals surface area contributed by atoms with Gasteiger partial charge in [0, 0.05) is 55.1 Å². The summed E-state index contributed by atoms with van der Waals surface area (Å²) in [5.74, 6) is -0.0140. The number of pyridine rings is 1. The van der Waals surface area contributed by atoms with Crippen molar-refractivity contribution in [2.45, 2.75) is 50.4 Å². The first-order valence-corrected chi connectivity index (χ1v) is 12.4. The molecule has 0 radical (unpaired) electrons. The maximum Gasteiger partial charge on any atom is 0.252 e. The molecule has 6 rings (SSSR count). The van der Waals surface area contributed by atoms with Gasteiger partial charge in [0.15, 0.2) is 0 Å². The lowest BCUT2D eigenvalue weighted by Crippen LogP contribution is -2.61. The van der Waals surface area contributed by atoms with Crippen LogP contribution in [0.3, 0.4) is 0 Å². The van der Waals surface area contributed by atoms with Crippen molar-refractivity contribution in [2.75, 3.05) is 31.1 Å². The number of hydrogen-bond acceptors (Lipinski definition) is 4. The van der Waals surface area contributed by atoms with Crippen molar-refractivity contribution in [3.05, 3.63) is 71.4 Å². The van der Waals surface area contributed by atoms with E-state index in [0.717, 1.165) is 72.3 Å². The van der Waals surface area contributed by atoms with Crippen molar-refractivity contribution < 1.29 is 9.18 Å². The molecule has 3 heterocycles. The average Bonchev–Trinajstić information content (AvgIpc) is 3.60. The first kappa shape index (κ1) is 21.5. The molecule has 1 aliphatic carbocycles. The number of amides is 1. The van der Waals surface area contributed by atoms with Crippen LogP contribution in [0, 0.1) is 6.92 Å². The van der Waals surface area contributed by atoms with Gasteiger partial charge in [-0.05, 0) is 68.0 Å². The Morgan fingerprint density at radius 3 is 2.62 bits per heavy atom. The fourth-order valence-electron chi connectivity index (χ4n) is 5.57. The summed E-state index contributed by atoms with van der Waals surface area (Å²) in [6, 6.07) is 16.9. The van der Waals surface area contributed by atoms with Crippen LogP contribution in [0.4, 0.5) is 10.1 Å². The van der Waals surface area contributed by atoms with Gasteiger partial charge in [0.05, 0.1) is 11.1 Å². The average molecular weight is 459 g/mol. The molecular formula is C28H31FN4O. The normalized spacial score (nSPS) is 20.8. The number of anilines is 1. The number of benzene rings is 2. The van der Waals surface area contributed by atoms with Crippen molar-refractivity contribution in [1.82, 2.24) is 15.2 Å². The lowest BCUT2D eigenvalue weighted by atomic mass is 9.98. The molecule has 2 saturated heterocycles. The predicted octanol–water partition coefficient (Wildman–Crippen LogP) is 4.58. The minimum Gasteiger partial charge on any atom is -0.368 e. The van der Waals surface area contributed by atoms with Gasteiger partial charge in [-0.15, -0.1) is 0 Å². The highest BCUT2D eigenvalue weighted by atomic mass is 19.1. The van der Waals surface area contributed by atoms with Gasteiger partial charge in [0.25, 0.3) is 5.91 Å². The Bertz CT molecular complexity index is 1220. The Hall–Kier alpha value is -2.99. The lowest BCUT2D eigenvalue weighted by Gasteiger charge is -2.48. The third-order valence-electron chi connectivity index (χ3n) is 7.94. The van der Waals surface area contributed by atoms with Crippen molar-refractivity contribution in [3.63, 3.8) is 0 Å². The molecule has 0 atom stereocenters. The quantitative estimate of drug-likeness (QED) is 0.608. The first-order valence-electron chi connectivity index (χ1n) is 12.4. The fraction of sp³-hybridized carbons (Fsp3) is 0.429. The van der Waals surface area contributed by atoms with Gasteiger partial charge in [-0.1, -0.05) is 24.3 Å². The van der Waals surface area contributed by atoms with Crippen LogP contribution in [-0.2, 0) is 5.54 Å². The number of nitrogens with zero attached hydrogens (tertiary/aromatic N) is 3. The minimum absolute atomic E-state index is 0.0140. The molecule has 2 aliphatic heterocycles. The Balaban J connectivity index is 1.18. The van der Waals surface area contributed by atoms with Crippen LogP contribution in [0.15, 0.2) is 54.7 Å². The maximum absolute atomic E-state index is 13.5. The summed E-state index contributed by atoms with van der Waals surface area (Å²) < 4.78 is 13.5. The van der Waals surface area contributed by atoms with Crippen molar-refractivity contribution in [1.29, 1.82) is 0 Å². The van der Waals surface area contributed by atoms with Crippen molar-refractivity contribution in [2.24, 2.45) is 0 Å². The number of aromatic nitrogens is 1. The standard InChI is InChI=1S/C28H31FN4O/c1-19-6-7-21(33-17-22(18-33)32-14-9-20(29)10-15-32)16-24(19)27(34)31-28(11-12-28)25-8-13-30-26-5-3-2-4-23(25)26/h2-8,13,16,20,22H,9-12,14-15,17-18H2,1H3,(H,31,34). The smallest absolute Gasteiger partial charge is 0.252 e. The number of aryl methyl sites for hydroxylation is 1. The topological polar surface area (TPSA) is 48.5 Å². The Kier molecular flexibility index (Phi) is 5.29. The Morgan fingerprint density at radius 1 is 1.09 bits per heavy atom. The van der Waals surface area contributed by atoms with Crippen LogP contribution in [0.2, 0.25) is 0 Å². The number of para-hydroxylation sites is 1. The van der Waals surface area contributed by atoms with E-state index in [1.165, 1.54) is 0 Å². The predicted molar refractivity (Wildman–Crippen MR) is 133 cm³/mol. The van der Waals surface area contributed by atoms with E-state index in [4.69, 9.17) is 0 Å². The van der Waals surface area contributed by atoms with E-state index < -0.39 is 6.17 Å². The fourth-order valence-corrected chi connectivity index (χ4v) is 5.57. The number of rotatable bonds is 5. The molecule has 1 saturated carbocycles. The number of likely N-dealkylation sites (tertiary alicyclic amines) is 1. The van der Waals surface area contributed by atoms with Crippen LogP contribution in [0.5, 0.6) is 0 Å². The van der Waals surface area contributed by atoms with E-state index in [2.05, 4.69) is 32.2 Å². The number of carbonyl (C=O) groups excluding carboxylic acids is 1. The van der Waals surface area contributed by atoms with Crippen LogP contribution < -0.4 is 10.2 Å². The van der Waals surface area contributed by atoms with E-state index in [-0.39, 0.29) is 11.4 Å². The number of fused-ring (bicyclic) bond motifs is 1. The summed E-state index contributed by atoms with van der Waals surface area (Å²) in [4.78, 5) is 22.7. The number of piperidine rings is 1. The summed E-state index contributed by atoms with van der Waals surface area (Å²) in [5.41, 5.74) is 4.62. The second-order valence-electron chi connectivity index (χ2n) is 10.2. The van der Waals surface area contributed by atoms with E-state index in [1.54, 1.807) is 0 Å². The molecule has 1 aromatic heterocycles. The molecule has 3 aliphatic rings. The molecule has 0 bridgehead atoms. The van der Waals surface area contributed by atoms with E-state index in [9.17, 15) is 9.18 Å². The zero-order valence-electron chi connectivity index (χ0n) is 19.6. The van der Waals surface area contributed by atoms with Crippen LogP contribution in [0.25, 0.3) is 10.9 Å². The molecular weight excluding hydrogens is 427 g/mol. The summed E-state index contributed by atoms with van der Waals surface area (Å²) in [6.45, 7) is 5.59. The van der Waals surface area contributed by atoms with Gasteiger partial charge in [-0.3, -0.25) is 14.7 Å². The van der Waals surface area contributed by atoms with Crippen LogP contribution in [0.1, 0.15) is 47.2 Å². The second-order valence-corrected chi connectivity index (χ2v) is 10.2. The van der Waals surface area contributed by atoms with Crippen molar-refractivity contribution in [3.8, 4) is 0 Å². The number of nitrogens with one attached hydrogen (secondary N) is 1. The number of alkyl halides is 1. The molecule has 3 aromatic rings. The van der Waals surface area contributed by atoms with Crippen molar-refractivity contribution >= 4 is 22.5 Å². The highest BCUT2D eigenvalue weighted by Crippen LogP contribution is 2.48. The Labute approximate surface area is 200 Å². The van der Waals surface area contributed by atoms with Gasteiger partial charge in [-0.2, -0.15) is 0 Å². The summed E-state index contributed by atoms with van der Waals surface area (Å²) in [6.07, 6.45) is 4.39. The maximum atomic E-state index is 13.5. The SMILES string of the molecule is Cc1ccc(N2CC(N3CCC(F)CC3)C2)cc1C(=O)NC1(c2ccnc3ccccc23)CC1. The molecule has 34 heavy (non-hydrogen) atoms. The molecule has 2 aromatic carbocycles. The van der Waals surface area contributed by atoms with E-state index >= 15 is 0 Å². The number of carbonyl (C=O) groups is 1. The third kappa shape index (κ3) is 3.84.